The van der Waals surface area contributed by atoms with Gasteiger partial charge in [-0.25, -0.2) is 24.2 Å². The Hall–Kier alpha value is -1.21. The van der Waals surface area contributed by atoms with E-state index < -0.39 is 9.84 Å². The standard InChI is InChI=1S/C10H18N4O2S/c1-6(2)9-7(3)12-8(5-17(4,15)16)13-10(9)14-11/h6H,5,11H2,1-4H3,(H,12,13,14). The van der Waals surface area contributed by atoms with Gasteiger partial charge in [0.2, 0.25) is 0 Å². The van der Waals surface area contributed by atoms with Crippen molar-refractivity contribution in [1.82, 2.24) is 9.97 Å². The number of rotatable bonds is 4. The fraction of sp³-hybridized carbons (Fsp3) is 0.600. The van der Waals surface area contributed by atoms with Crippen LogP contribution < -0.4 is 11.3 Å². The molecule has 1 aromatic rings. The number of nitrogens with one attached hydrogen (secondary N) is 1. The third-order valence-electron chi connectivity index (χ3n) is 2.29. The van der Waals surface area contributed by atoms with Crippen molar-refractivity contribution in [3.8, 4) is 0 Å². The van der Waals surface area contributed by atoms with Crippen LogP contribution in [0.25, 0.3) is 0 Å². The Morgan fingerprint density at radius 3 is 2.35 bits per heavy atom. The van der Waals surface area contributed by atoms with Crippen molar-refractivity contribution < 1.29 is 8.42 Å². The molecule has 96 valence electrons. The van der Waals surface area contributed by atoms with E-state index in [0.717, 1.165) is 17.5 Å². The molecule has 0 aliphatic rings. The summed E-state index contributed by atoms with van der Waals surface area (Å²) in [7, 11) is -3.15. The molecule has 3 N–H and O–H groups in total. The molecule has 1 aromatic heterocycles. The maximum absolute atomic E-state index is 11.2. The molecule has 17 heavy (non-hydrogen) atoms. The molecule has 0 bridgehead atoms. The first kappa shape index (κ1) is 13.9. The summed E-state index contributed by atoms with van der Waals surface area (Å²) in [6.45, 7) is 5.83. The molecule has 0 saturated heterocycles. The molecule has 0 aromatic carbocycles. The van der Waals surface area contributed by atoms with Crippen LogP contribution in [0, 0.1) is 6.92 Å². The quantitative estimate of drug-likeness (QED) is 0.610. The summed E-state index contributed by atoms with van der Waals surface area (Å²) in [5, 5.41) is 0. The molecule has 0 aliphatic heterocycles. The van der Waals surface area contributed by atoms with Crippen LogP contribution in [0.5, 0.6) is 0 Å². The van der Waals surface area contributed by atoms with Gasteiger partial charge < -0.3 is 5.43 Å². The molecule has 0 fully saturated rings. The lowest BCUT2D eigenvalue weighted by molar-refractivity contribution is 0.599. The maximum atomic E-state index is 11.2. The lowest BCUT2D eigenvalue weighted by Gasteiger charge is -2.15. The van der Waals surface area contributed by atoms with E-state index in [2.05, 4.69) is 15.4 Å². The molecular formula is C10H18N4O2S. The molecular weight excluding hydrogens is 240 g/mol. The van der Waals surface area contributed by atoms with Crippen molar-refractivity contribution in [2.24, 2.45) is 5.84 Å². The normalized spacial score (nSPS) is 11.9. The monoisotopic (exact) mass is 258 g/mol. The minimum Gasteiger partial charge on any atom is -0.308 e. The Morgan fingerprint density at radius 1 is 1.35 bits per heavy atom. The van der Waals surface area contributed by atoms with Gasteiger partial charge >= 0.3 is 0 Å². The Labute approximate surface area is 102 Å². The zero-order chi connectivity index (χ0) is 13.2. The predicted octanol–water partition coefficient (Wildman–Crippen LogP) is 0.739. The van der Waals surface area contributed by atoms with E-state index in [-0.39, 0.29) is 17.5 Å². The summed E-state index contributed by atoms with van der Waals surface area (Å²) in [4.78, 5) is 8.33. The second-order valence-corrected chi connectivity index (χ2v) is 6.50. The van der Waals surface area contributed by atoms with Gasteiger partial charge in [-0.2, -0.15) is 0 Å². The van der Waals surface area contributed by atoms with E-state index >= 15 is 0 Å². The predicted molar refractivity (Wildman–Crippen MR) is 67.2 cm³/mol. The van der Waals surface area contributed by atoms with Crippen molar-refractivity contribution in [3.05, 3.63) is 17.1 Å². The van der Waals surface area contributed by atoms with Crippen molar-refractivity contribution >= 4 is 15.7 Å². The summed E-state index contributed by atoms with van der Waals surface area (Å²) in [6.07, 6.45) is 1.15. The summed E-state index contributed by atoms with van der Waals surface area (Å²) in [6, 6.07) is 0. The lowest BCUT2D eigenvalue weighted by atomic mass is 10.0. The molecule has 0 unspecified atom stereocenters. The summed E-state index contributed by atoms with van der Waals surface area (Å²) in [5.74, 6) is 6.19. The van der Waals surface area contributed by atoms with E-state index in [9.17, 15) is 8.42 Å². The minimum absolute atomic E-state index is 0.180. The number of nitrogens with zero attached hydrogens (tertiary/aromatic N) is 2. The maximum Gasteiger partial charge on any atom is 0.154 e. The van der Waals surface area contributed by atoms with Crippen LogP contribution in [-0.4, -0.2) is 24.6 Å². The number of anilines is 1. The summed E-state index contributed by atoms with van der Waals surface area (Å²) >= 11 is 0. The highest BCUT2D eigenvalue weighted by molar-refractivity contribution is 7.89. The fourth-order valence-electron chi connectivity index (χ4n) is 1.74. The first-order valence-corrected chi connectivity index (χ1v) is 7.32. The van der Waals surface area contributed by atoms with Gasteiger partial charge in [0.1, 0.15) is 17.4 Å². The van der Waals surface area contributed by atoms with Crippen LogP contribution in [-0.2, 0) is 15.6 Å². The molecule has 7 heteroatoms. The summed E-state index contributed by atoms with van der Waals surface area (Å²) in [5.41, 5.74) is 4.16. The van der Waals surface area contributed by atoms with Gasteiger partial charge in [-0.15, -0.1) is 0 Å². The van der Waals surface area contributed by atoms with Crippen molar-refractivity contribution in [2.45, 2.75) is 32.4 Å². The van der Waals surface area contributed by atoms with Crippen LogP contribution in [0.2, 0.25) is 0 Å². The lowest BCUT2D eigenvalue weighted by Crippen LogP contribution is -2.16. The van der Waals surface area contributed by atoms with Gasteiger partial charge in [0.25, 0.3) is 0 Å². The molecule has 0 atom stereocenters. The SMILES string of the molecule is Cc1nc(CS(C)(=O)=O)nc(NN)c1C(C)C. The Morgan fingerprint density at radius 2 is 1.94 bits per heavy atom. The van der Waals surface area contributed by atoms with Gasteiger partial charge in [0.15, 0.2) is 9.84 Å². The summed E-state index contributed by atoms with van der Waals surface area (Å²) < 4.78 is 22.4. The van der Waals surface area contributed by atoms with E-state index in [1.807, 2.05) is 20.8 Å². The van der Waals surface area contributed by atoms with E-state index in [4.69, 9.17) is 5.84 Å². The molecule has 1 heterocycles. The molecule has 0 aliphatic carbocycles. The second-order valence-electron chi connectivity index (χ2n) is 4.36. The van der Waals surface area contributed by atoms with Crippen molar-refractivity contribution in [2.75, 3.05) is 11.7 Å². The number of hydrazine groups is 1. The first-order valence-electron chi connectivity index (χ1n) is 5.26. The molecule has 1 rings (SSSR count). The number of nitrogens with two attached hydrogens (primary N) is 1. The minimum atomic E-state index is -3.15. The first-order chi connectivity index (χ1) is 7.74. The Kier molecular flexibility index (Phi) is 4.05. The van der Waals surface area contributed by atoms with Gasteiger partial charge in [-0.05, 0) is 12.8 Å². The number of nitrogen functional groups attached to an aromatic ring is 1. The van der Waals surface area contributed by atoms with Gasteiger partial charge in [-0.1, -0.05) is 13.8 Å². The van der Waals surface area contributed by atoms with Gasteiger partial charge in [0.05, 0.1) is 0 Å². The largest absolute Gasteiger partial charge is 0.308 e. The number of aromatic nitrogens is 2. The highest BCUT2D eigenvalue weighted by Gasteiger charge is 2.16. The van der Waals surface area contributed by atoms with Crippen LogP contribution in [0.15, 0.2) is 0 Å². The third kappa shape index (κ3) is 3.64. The molecule has 6 nitrogen and oxygen atoms in total. The van der Waals surface area contributed by atoms with Crippen LogP contribution in [0.4, 0.5) is 5.82 Å². The molecule has 0 amide bonds. The highest BCUT2D eigenvalue weighted by Crippen LogP contribution is 2.24. The van der Waals surface area contributed by atoms with E-state index in [0.29, 0.717) is 5.82 Å². The van der Waals surface area contributed by atoms with E-state index in [1.54, 1.807) is 0 Å². The van der Waals surface area contributed by atoms with Gasteiger partial charge in [0, 0.05) is 17.5 Å². The Balaban J connectivity index is 3.27. The zero-order valence-electron chi connectivity index (χ0n) is 10.5. The molecule has 0 saturated carbocycles. The Bertz CT molecular complexity index is 511. The number of hydrogen-bond acceptors (Lipinski definition) is 6. The van der Waals surface area contributed by atoms with Crippen LogP contribution in [0.3, 0.4) is 0 Å². The zero-order valence-corrected chi connectivity index (χ0v) is 11.3. The third-order valence-corrected chi connectivity index (χ3v) is 3.07. The van der Waals surface area contributed by atoms with Gasteiger partial charge in [-0.3, -0.25) is 0 Å². The molecule has 0 radical (unpaired) electrons. The van der Waals surface area contributed by atoms with Crippen LogP contribution >= 0.6 is 0 Å². The highest BCUT2D eigenvalue weighted by atomic mass is 32.2. The van der Waals surface area contributed by atoms with E-state index in [1.165, 1.54) is 0 Å². The average Bonchev–Trinajstić information content (AvgIpc) is 2.12. The topological polar surface area (TPSA) is 98.0 Å². The number of sulfone groups is 1. The number of hydrogen-bond donors (Lipinski definition) is 2. The van der Waals surface area contributed by atoms with Crippen molar-refractivity contribution in [1.29, 1.82) is 0 Å². The fourth-order valence-corrected chi connectivity index (χ4v) is 2.34. The molecule has 0 spiro atoms. The number of aryl methyl sites for hydroxylation is 1. The second kappa shape index (κ2) is 4.97. The average molecular weight is 258 g/mol. The van der Waals surface area contributed by atoms with Crippen molar-refractivity contribution in [3.63, 3.8) is 0 Å². The van der Waals surface area contributed by atoms with Crippen LogP contribution in [0.1, 0.15) is 36.8 Å². The smallest absolute Gasteiger partial charge is 0.154 e.